The van der Waals surface area contributed by atoms with E-state index in [0.717, 1.165) is 17.7 Å². The van der Waals surface area contributed by atoms with Crippen LogP contribution in [0.3, 0.4) is 0 Å². The molecular weight excluding hydrogens is 242 g/mol. The molecule has 1 aromatic rings. The molecular formula is C15H17NO3. The second-order valence-electron chi connectivity index (χ2n) is 5.45. The molecule has 0 spiro atoms. The molecule has 0 radical (unpaired) electrons. The molecule has 1 fully saturated rings. The molecule has 2 aliphatic rings. The predicted molar refractivity (Wildman–Crippen MR) is 71.1 cm³/mol. The van der Waals surface area contributed by atoms with Gasteiger partial charge in [-0.15, -0.1) is 0 Å². The number of carbonyl (C=O) groups excluding carboxylic acids is 1. The van der Waals surface area contributed by atoms with E-state index in [1.165, 1.54) is 5.56 Å². The third-order valence-electron chi connectivity index (χ3n) is 4.37. The van der Waals surface area contributed by atoms with E-state index in [4.69, 9.17) is 5.11 Å². The highest BCUT2D eigenvalue weighted by Gasteiger charge is 2.44. The van der Waals surface area contributed by atoms with Gasteiger partial charge in [0.1, 0.15) is 0 Å². The van der Waals surface area contributed by atoms with Crippen molar-refractivity contribution in [3.8, 4) is 0 Å². The zero-order valence-corrected chi connectivity index (χ0v) is 10.9. The molecule has 1 amide bonds. The van der Waals surface area contributed by atoms with Crippen LogP contribution in [0.25, 0.3) is 0 Å². The lowest BCUT2D eigenvalue weighted by molar-refractivity contribution is -0.151. The third-order valence-corrected chi connectivity index (χ3v) is 4.37. The summed E-state index contributed by atoms with van der Waals surface area (Å²) in [6.07, 6.45) is 2.20. The molecule has 100 valence electrons. The number of hydrogen-bond donors (Lipinski definition) is 1. The number of carbonyl (C=O) groups is 2. The van der Waals surface area contributed by atoms with Gasteiger partial charge in [-0.05, 0) is 37.3 Å². The summed E-state index contributed by atoms with van der Waals surface area (Å²) in [7, 11) is 0. The van der Waals surface area contributed by atoms with Crippen molar-refractivity contribution in [3.05, 3.63) is 29.3 Å². The van der Waals surface area contributed by atoms with E-state index in [1.54, 1.807) is 4.90 Å². The van der Waals surface area contributed by atoms with Gasteiger partial charge >= 0.3 is 5.97 Å². The fourth-order valence-electron chi connectivity index (χ4n) is 3.16. The maximum absolute atomic E-state index is 12.5. The Morgan fingerprint density at radius 2 is 2.00 bits per heavy atom. The molecule has 0 saturated heterocycles. The SMILES string of the molecule is Cc1cccc2c1N(C(=O)C1CCC1C(=O)O)CC2. The first-order valence-electron chi connectivity index (χ1n) is 6.72. The maximum atomic E-state index is 12.5. The van der Waals surface area contributed by atoms with Crippen molar-refractivity contribution in [1.29, 1.82) is 0 Å². The Kier molecular flexibility index (Phi) is 2.81. The van der Waals surface area contributed by atoms with Gasteiger partial charge in [0, 0.05) is 12.2 Å². The van der Waals surface area contributed by atoms with Crippen LogP contribution in [-0.2, 0) is 16.0 Å². The summed E-state index contributed by atoms with van der Waals surface area (Å²) in [5, 5.41) is 9.07. The minimum Gasteiger partial charge on any atom is -0.481 e. The molecule has 1 saturated carbocycles. The first kappa shape index (κ1) is 12.2. The van der Waals surface area contributed by atoms with Gasteiger partial charge in [-0.2, -0.15) is 0 Å². The number of aliphatic carboxylic acids is 1. The first-order valence-corrected chi connectivity index (χ1v) is 6.72. The largest absolute Gasteiger partial charge is 0.481 e. The molecule has 1 aliphatic heterocycles. The minimum atomic E-state index is -0.839. The van der Waals surface area contributed by atoms with E-state index in [0.29, 0.717) is 19.4 Å². The average Bonchev–Trinajstić information content (AvgIpc) is 2.71. The summed E-state index contributed by atoms with van der Waals surface area (Å²) in [5.74, 6) is -1.66. The van der Waals surface area contributed by atoms with Gasteiger partial charge in [-0.1, -0.05) is 18.2 Å². The number of aryl methyl sites for hydroxylation is 1. The van der Waals surface area contributed by atoms with Crippen LogP contribution in [0.15, 0.2) is 18.2 Å². The third kappa shape index (κ3) is 1.82. The molecule has 1 N–H and O–H groups in total. The summed E-state index contributed by atoms with van der Waals surface area (Å²) in [4.78, 5) is 25.4. The number of anilines is 1. The standard InChI is InChI=1S/C15H17NO3/c1-9-3-2-4-10-7-8-16(13(9)10)14(17)11-5-6-12(11)15(18)19/h2-4,11-12H,5-8H2,1H3,(H,18,19). The number of hydrogen-bond acceptors (Lipinski definition) is 2. The van der Waals surface area contributed by atoms with E-state index in [1.807, 2.05) is 25.1 Å². The zero-order valence-electron chi connectivity index (χ0n) is 10.9. The number of para-hydroxylation sites is 1. The van der Waals surface area contributed by atoms with E-state index >= 15 is 0 Å². The van der Waals surface area contributed by atoms with Crippen LogP contribution >= 0.6 is 0 Å². The number of nitrogens with zero attached hydrogens (tertiary/aromatic N) is 1. The summed E-state index contributed by atoms with van der Waals surface area (Å²) in [5.41, 5.74) is 3.29. The van der Waals surface area contributed by atoms with Crippen molar-refractivity contribution < 1.29 is 14.7 Å². The van der Waals surface area contributed by atoms with Crippen molar-refractivity contribution in [2.45, 2.75) is 26.2 Å². The molecule has 1 aromatic carbocycles. The topological polar surface area (TPSA) is 57.6 Å². The van der Waals surface area contributed by atoms with Crippen LogP contribution in [0.4, 0.5) is 5.69 Å². The van der Waals surface area contributed by atoms with Crippen LogP contribution in [-0.4, -0.2) is 23.5 Å². The highest BCUT2D eigenvalue weighted by Crippen LogP contribution is 2.39. The fourth-order valence-corrected chi connectivity index (χ4v) is 3.16. The number of amides is 1. The molecule has 2 atom stereocenters. The smallest absolute Gasteiger partial charge is 0.307 e. The molecule has 4 heteroatoms. The predicted octanol–water partition coefficient (Wildman–Crippen LogP) is 1.99. The van der Waals surface area contributed by atoms with E-state index in [-0.39, 0.29) is 11.8 Å². The van der Waals surface area contributed by atoms with Gasteiger partial charge < -0.3 is 10.0 Å². The summed E-state index contributed by atoms with van der Waals surface area (Å²) < 4.78 is 0. The lowest BCUT2D eigenvalue weighted by Crippen LogP contribution is -2.45. The van der Waals surface area contributed by atoms with E-state index in [2.05, 4.69) is 0 Å². The van der Waals surface area contributed by atoms with Crippen molar-refractivity contribution in [2.75, 3.05) is 11.4 Å². The molecule has 1 aliphatic carbocycles. The molecule has 19 heavy (non-hydrogen) atoms. The Hall–Kier alpha value is -1.84. The van der Waals surface area contributed by atoms with Gasteiger partial charge in [0.15, 0.2) is 0 Å². The maximum Gasteiger partial charge on any atom is 0.307 e. The molecule has 0 aromatic heterocycles. The van der Waals surface area contributed by atoms with Gasteiger partial charge in [0.2, 0.25) is 5.91 Å². The Labute approximate surface area is 112 Å². The summed E-state index contributed by atoms with van der Waals surface area (Å²) in [6.45, 7) is 2.68. The van der Waals surface area contributed by atoms with E-state index in [9.17, 15) is 9.59 Å². The average molecular weight is 259 g/mol. The van der Waals surface area contributed by atoms with Crippen LogP contribution < -0.4 is 4.90 Å². The van der Waals surface area contributed by atoms with Crippen LogP contribution in [0.1, 0.15) is 24.0 Å². The van der Waals surface area contributed by atoms with Crippen molar-refractivity contribution >= 4 is 17.6 Å². The second kappa shape index (κ2) is 4.37. The van der Waals surface area contributed by atoms with Crippen molar-refractivity contribution in [3.63, 3.8) is 0 Å². The van der Waals surface area contributed by atoms with Crippen LogP contribution in [0.2, 0.25) is 0 Å². The summed E-state index contributed by atoms with van der Waals surface area (Å²) >= 11 is 0. The number of fused-ring (bicyclic) bond motifs is 1. The highest BCUT2D eigenvalue weighted by molar-refractivity contribution is 6.00. The van der Waals surface area contributed by atoms with E-state index < -0.39 is 11.9 Å². The lowest BCUT2D eigenvalue weighted by Gasteiger charge is -2.35. The van der Waals surface area contributed by atoms with Gasteiger partial charge in [0.05, 0.1) is 11.8 Å². The molecule has 3 rings (SSSR count). The Morgan fingerprint density at radius 1 is 1.26 bits per heavy atom. The molecule has 2 unspecified atom stereocenters. The van der Waals surface area contributed by atoms with Gasteiger partial charge in [0.25, 0.3) is 0 Å². The van der Waals surface area contributed by atoms with Crippen molar-refractivity contribution in [2.24, 2.45) is 11.8 Å². The monoisotopic (exact) mass is 259 g/mol. The lowest BCUT2D eigenvalue weighted by atomic mass is 9.73. The second-order valence-corrected chi connectivity index (χ2v) is 5.45. The number of rotatable bonds is 2. The van der Waals surface area contributed by atoms with Gasteiger partial charge in [-0.3, -0.25) is 9.59 Å². The number of benzene rings is 1. The molecule has 1 heterocycles. The minimum absolute atomic E-state index is 0.00769. The van der Waals surface area contributed by atoms with Crippen LogP contribution in [0.5, 0.6) is 0 Å². The van der Waals surface area contributed by atoms with Crippen LogP contribution in [0, 0.1) is 18.8 Å². The fraction of sp³-hybridized carbons (Fsp3) is 0.467. The van der Waals surface area contributed by atoms with Crippen molar-refractivity contribution in [1.82, 2.24) is 0 Å². The normalized spacial score (nSPS) is 24.8. The number of carboxylic acid groups (broad SMARTS) is 1. The quantitative estimate of drug-likeness (QED) is 0.883. The molecule has 0 bridgehead atoms. The summed E-state index contributed by atoms with van der Waals surface area (Å²) in [6, 6.07) is 6.05. The first-order chi connectivity index (χ1) is 9.09. The van der Waals surface area contributed by atoms with Gasteiger partial charge in [-0.25, -0.2) is 0 Å². The Balaban J connectivity index is 1.86. The molecule has 4 nitrogen and oxygen atoms in total. The highest BCUT2D eigenvalue weighted by atomic mass is 16.4. The number of carboxylic acids is 1. The Bertz CT molecular complexity index is 552. The Morgan fingerprint density at radius 3 is 2.63 bits per heavy atom. The zero-order chi connectivity index (χ0) is 13.6.